The van der Waals surface area contributed by atoms with Crippen molar-refractivity contribution in [3.63, 3.8) is 0 Å². The Morgan fingerprint density at radius 2 is 1.78 bits per heavy atom. The smallest absolute Gasteiger partial charge is 0.471 e. The van der Waals surface area contributed by atoms with E-state index in [1.807, 2.05) is 0 Å². The molecule has 9 nitrogen and oxygen atoms in total. The molecular weight excluding hydrogens is 601 g/mol. The highest BCUT2D eigenvalue weighted by Gasteiger charge is 2.52. The number of ether oxygens (including phenoxy) is 2. The molecule has 2 atom stereocenters. The van der Waals surface area contributed by atoms with E-state index in [1.54, 1.807) is 18.7 Å². The number of carbonyl (C=O) groups is 1. The number of methoxy groups -OCH3 is 1. The van der Waals surface area contributed by atoms with Crippen LogP contribution in [0.15, 0.2) is 24.3 Å². The molecule has 2 aromatic carbocycles. The van der Waals surface area contributed by atoms with Crippen molar-refractivity contribution in [1.29, 1.82) is 0 Å². The van der Waals surface area contributed by atoms with Crippen molar-refractivity contribution in [1.82, 2.24) is 19.9 Å². The molecule has 0 radical (unpaired) electrons. The van der Waals surface area contributed by atoms with Crippen molar-refractivity contribution in [2.45, 2.75) is 51.1 Å². The first-order valence-electron chi connectivity index (χ1n) is 14.0. The monoisotopic (exact) mass is 627 g/mol. The summed E-state index contributed by atoms with van der Waals surface area (Å²) in [6, 6.07) is 3.29. The second-order valence-electron chi connectivity index (χ2n) is 11.2. The fourth-order valence-electron chi connectivity index (χ4n) is 6.22. The Kier molecular flexibility index (Phi) is 7.29. The van der Waals surface area contributed by atoms with Crippen LogP contribution in [-0.2, 0) is 4.79 Å². The summed E-state index contributed by atoms with van der Waals surface area (Å²) in [5.74, 6) is -1.62. The number of carbonyl (C=O) groups excluding carboxylic acids is 1. The van der Waals surface area contributed by atoms with Crippen LogP contribution in [0.3, 0.4) is 0 Å². The Bertz CT molecular complexity index is 1890. The molecule has 2 aromatic heterocycles. The molecule has 0 spiro atoms. The van der Waals surface area contributed by atoms with Gasteiger partial charge in [-0.05, 0) is 50.3 Å². The first-order chi connectivity index (χ1) is 21.3. The zero-order valence-electron chi connectivity index (χ0n) is 24.2. The number of terminal acetylenes is 1. The third kappa shape index (κ3) is 5.05. The number of aromatic nitrogens is 3. The van der Waals surface area contributed by atoms with E-state index < -0.39 is 41.9 Å². The van der Waals surface area contributed by atoms with Crippen LogP contribution in [-0.4, -0.2) is 75.4 Å². The number of hydrogen-bond acceptors (Lipinski definition) is 8. The summed E-state index contributed by atoms with van der Waals surface area (Å²) >= 11 is 0. The van der Waals surface area contributed by atoms with Crippen LogP contribution >= 0.6 is 0 Å². The zero-order valence-corrected chi connectivity index (χ0v) is 24.2. The lowest BCUT2D eigenvalue weighted by Gasteiger charge is -2.42. The molecule has 4 aromatic rings. The summed E-state index contributed by atoms with van der Waals surface area (Å²) in [7, 11) is 1.27. The predicted octanol–water partition coefficient (Wildman–Crippen LogP) is 5.35. The van der Waals surface area contributed by atoms with Gasteiger partial charge in [-0.1, -0.05) is 12.0 Å². The summed E-state index contributed by atoms with van der Waals surface area (Å²) in [5, 5.41) is 11.0. The number of pyridine rings is 1. The van der Waals surface area contributed by atoms with Crippen molar-refractivity contribution in [2.75, 3.05) is 25.1 Å². The molecule has 1 N–H and O–H groups in total. The number of piperazine rings is 1. The number of nitrogens with zero attached hydrogens (tertiary/aromatic N) is 5. The third-order valence-electron chi connectivity index (χ3n) is 7.95. The number of phenols is 1. The van der Waals surface area contributed by atoms with Crippen molar-refractivity contribution < 1.29 is 41.3 Å². The SMILES string of the molecule is C#Cc1c(F)ccc2cc(O)cc(-c3nc(OC(C)C)c4c(N5CC6CCC(C5)N6C(=O)C(F)(F)F)nc(OC)nc4c3F)c12. The first kappa shape index (κ1) is 30.1. The number of hydrogen-bond donors (Lipinski definition) is 1. The third-order valence-corrected chi connectivity index (χ3v) is 7.95. The van der Waals surface area contributed by atoms with Crippen molar-refractivity contribution >= 4 is 33.4 Å². The highest BCUT2D eigenvalue weighted by atomic mass is 19.4. The van der Waals surface area contributed by atoms with Crippen LogP contribution in [0.25, 0.3) is 32.9 Å². The van der Waals surface area contributed by atoms with Crippen LogP contribution in [0.2, 0.25) is 0 Å². The summed E-state index contributed by atoms with van der Waals surface area (Å²) in [6.45, 7) is 3.36. The molecule has 2 saturated heterocycles. The van der Waals surface area contributed by atoms with Crippen molar-refractivity contribution in [3.05, 3.63) is 41.5 Å². The van der Waals surface area contributed by atoms with E-state index in [-0.39, 0.29) is 69.7 Å². The van der Waals surface area contributed by atoms with Gasteiger partial charge in [0.05, 0.1) is 30.9 Å². The van der Waals surface area contributed by atoms with E-state index in [1.165, 1.54) is 25.3 Å². The molecule has 0 aliphatic carbocycles. The molecule has 2 unspecified atom stereocenters. The van der Waals surface area contributed by atoms with Gasteiger partial charge < -0.3 is 24.4 Å². The molecule has 0 saturated carbocycles. The van der Waals surface area contributed by atoms with Crippen LogP contribution < -0.4 is 14.4 Å². The number of alkyl halides is 3. The number of anilines is 1. The van der Waals surface area contributed by atoms with Gasteiger partial charge in [0.15, 0.2) is 5.82 Å². The molecule has 234 valence electrons. The molecule has 1 amide bonds. The highest BCUT2D eigenvalue weighted by Crippen LogP contribution is 2.44. The lowest BCUT2D eigenvalue weighted by Crippen LogP contribution is -2.59. The Morgan fingerprint density at radius 3 is 2.38 bits per heavy atom. The minimum absolute atomic E-state index is 0.0218. The highest BCUT2D eigenvalue weighted by molar-refractivity contribution is 6.04. The summed E-state index contributed by atoms with van der Waals surface area (Å²) < 4.78 is 82.9. The van der Waals surface area contributed by atoms with Gasteiger partial charge in [-0.3, -0.25) is 4.79 Å². The number of fused-ring (bicyclic) bond motifs is 4. The number of rotatable bonds is 5. The Labute approximate surface area is 253 Å². The maximum absolute atomic E-state index is 16.7. The molecule has 2 aliphatic heterocycles. The van der Waals surface area contributed by atoms with Gasteiger partial charge in [-0.15, -0.1) is 6.42 Å². The first-order valence-corrected chi connectivity index (χ1v) is 14.0. The molecule has 2 aliphatic rings. The molecule has 4 heterocycles. The molecule has 14 heteroatoms. The molecule has 45 heavy (non-hydrogen) atoms. The maximum atomic E-state index is 16.7. The van der Waals surface area contributed by atoms with E-state index in [4.69, 9.17) is 15.9 Å². The van der Waals surface area contributed by atoms with E-state index in [0.29, 0.717) is 18.2 Å². The largest absolute Gasteiger partial charge is 0.508 e. The summed E-state index contributed by atoms with van der Waals surface area (Å²) in [4.78, 5) is 27.9. The van der Waals surface area contributed by atoms with Gasteiger partial charge in [-0.25, -0.2) is 13.8 Å². The lowest BCUT2D eigenvalue weighted by atomic mass is 9.95. The van der Waals surface area contributed by atoms with Gasteiger partial charge in [0.25, 0.3) is 0 Å². The molecular formula is C31H26F5N5O4. The van der Waals surface area contributed by atoms with Gasteiger partial charge >= 0.3 is 18.1 Å². The summed E-state index contributed by atoms with van der Waals surface area (Å²) in [5.41, 5.74) is -0.845. The number of benzene rings is 2. The van der Waals surface area contributed by atoms with Crippen LogP contribution in [0.4, 0.5) is 27.8 Å². The Hall–Kier alpha value is -4.93. The average Bonchev–Trinajstić information content (AvgIpc) is 3.24. The predicted molar refractivity (Wildman–Crippen MR) is 154 cm³/mol. The number of phenolic OH excluding ortho intramolecular Hbond substituents is 1. The topological polar surface area (TPSA) is 101 Å². The van der Waals surface area contributed by atoms with E-state index in [9.17, 15) is 27.5 Å². The fraction of sp³-hybridized carbons (Fsp3) is 0.355. The second kappa shape index (κ2) is 10.9. The Balaban J connectivity index is 1.59. The second-order valence-corrected chi connectivity index (χ2v) is 11.2. The minimum Gasteiger partial charge on any atom is -0.508 e. The average molecular weight is 628 g/mol. The normalized spacial score (nSPS) is 18.1. The van der Waals surface area contributed by atoms with E-state index in [0.717, 1.165) is 11.0 Å². The van der Waals surface area contributed by atoms with Crippen molar-refractivity contribution in [3.8, 4) is 41.2 Å². The number of amides is 1. The van der Waals surface area contributed by atoms with E-state index in [2.05, 4.69) is 20.9 Å². The Morgan fingerprint density at radius 1 is 1.09 bits per heavy atom. The van der Waals surface area contributed by atoms with Gasteiger partial charge in [0.2, 0.25) is 5.88 Å². The quantitative estimate of drug-likeness (QED) is 0.234. The maximum Gasteiger partial charge on any atom is 0.471 e. The van der Waals surface area contributed by atoms with Gasteiger partial charge in [0.1, 0.15) is 34.0 Å². The van der Waals surface area contributed by atoms with Crippen LogP contribution in [0, 0.1) is 24.0 Å². The number of halogens is 5. The molecule has 2 bridgehead atoms. The van der Waals surface area contributed by atoms with Crippen LogP contribution in [0.1, 0.15) is 32.3 Å². The van der Waals surface area contributed by atoms with Crippen molar-refractivity contribution in [2.24, 2.45) is 0 Å². The molecule has 6 rings (SSSR count). The van der Waals surface area contributed by atoms with Crippen LogP contribution in [0.5, 0.6) is 17.6 Å². The minimum atomic E-state index is -5.02. The molecule has 2 fully saturated rings. The fourth-order valence-corrected chi connectivity index (χ4v) is 6.22. The number of aromatic hydroxyl groups is 1. The van der Waals surface area contributed by atoms with Gasteiger partial charge in [-0.2, -0.15) is 23.1 Å². The van der Waals surface area contributed by atoms with Gasteiger partial charge in [0, 0.05) is 24.0 Å². The zero-order chi connectivity index (χ0) is 32.4. The van der Waals surface area contributed by atoms with E-state index >= 15 is 4.39 Å². The standard InChI is InChI=1S/C31H26F5N5O4/c1-5-19-21(32)9-6-15-10-18(42)11-20(22(15)19)25-24(33)26-23(28(37-25)45-14(2)3)27(39-30(38-26)44-4)40-12-16-7-8-17(13-40)41(16)29(43)31(34,35)36/h1,6,9-11,14,16-17,42H,7-8,12-13H2,2-4H3. The lowest BCUT2D eigenvalue weighted by molar-refractivity contribution is -0.188. The summed E-state index contributed by atoms with van der Waals surface area (Å²) in [6.07, 6.45) is 0.793.